The number of nitrogens with zero attached hydrogens (tertiary/aromatic N) is 4. The summed E-state index contributed by atoms with van der Waals surface area (Å²) < 4.78 is 44.9. The molecule has 8 aliphatic heterocycles. The second-order valence-corrected chi connectivity index (χ2v) is 12.3. The van der Waals surface area contributed by atoms with E-state index in [1.165, 1.54) is 8.54 Å². The van der Waals surface area contributed by atoms with E-state index in [-0.39, 0.29) is 24.2 Å². The summed E-state index contributed by atoms with van der Waals surface area (Å²) in [7, 11) is 0. The van der Waals surface area contributed by atoms with Crippen molar-refractivity contribution in [3.05, 3.63) is 94.3 Å². The molecule has 0 N–H and O–H groups in total. The number of hydrogen-bond acceptors (Lipinski definition) is 8. The Hall–Kier alpha value is -3.29. The molecule has 0 amide bonds. The molecule has 4 fully saturated rings. The molecular weight excluding hydrogens is 625 g/mol. The summed E-state index contributed by atoms with van der Waals surface area (Å²) in [6, 6.07) is 15.5. The fourth-order valence-corrected chi connectivity index (χ4v) is 10.3. The summed E-state index contributed by atoms with van der Waals surface area (Å²) in [5.74, 6) is 2.98. The number of hydrogen-bond donors (Lipinski definition) is 0. The van der Waals surface area contributed by atoms with Gasteiger partial charge < -0.3 is 0 Å². The number of ether oxygens (including phenoxy) is 4. The summed E-state index contributed by atoms with van der Waals surface area (Å²) in [6.07, 6.45) is 0. The van der Waals surface area contributed by atoms with Gasteiger partial charge in [-0.15, -0.1) is 0 Å². The van der Waals surface area contributed by atoms with Gasteiger partial charge in [-0.25, -0.2) is 0 Å². The fraction of sp³-hybridized carbons (Fsp3) is 0.308. The molecule has 8 aliphatic rings. The summed E-state index contributed by atoms with van der Waals surface area (Å²) in [4.78, 5) is 9.16. The van der Waals surface area contributed by atoms with Crippen LogP contribution in [0, 0.1) is 12.1 Å². The zero-order valence-corrected chi connectivity index (χ0v) is 20.6. The Balaban J connectivity index is 1.34. The second kappa shape index (κ2) is 5.91. The predicted molar refractivity (Wildman–Crippen MR) is 117 cm³/mol. The zero-order valence-electron chi connectivity index (χ0n) is 20.2. The molecule has 4 saturated heterocycles. The van der Waals surface area contributed by atoms with Crippen LogP contribution in [0.1, 0.15) is 49.2 Å². The van der Waals surface area contributed by atoms with E-state index < -0.39 is 16.8 Å². The summed E-state index contributed by atoms with van der Waals surface area (Å²) in [5, 5.41) is 0. The standard InChI is InChI=1S/C26H18N4O4.Ir/c1-3-15-7-16(4-1)20-10-32-24-26-30(14-28(20)24)22(12-34-26)18-6-2-5-17(8-18)21-11-33-25-23-27(13-29(21)25)19(15)9-31-23;/h1-6,19-22H,9-12H2;/q-2;/i1D,2D;. The van der Waals surface area contributed by atoms with Gasteiger partial charge in [0.25, 0.3) is 0 Å². The molecule has 4 unspecified atom stereocenters. The molecule has 0 spiro atoms. The topological polar surface area (TPSA) is 49.9 Å². The SMILES string of the molecule is [2H]c1cc2[c-]c(c1)C1COC3=C4OCC5c6[c-]c(cc([2H])c6)C6COC7=C8OCC2N8[C](=[Ir]=[C](N31)N45)N76. The van der Waals surface area contributed by atoms with E-state index in [4.69, 9.17) is 21.7 Å². The molecule has 4 atom stereocenters. The fourth-order valence-electron chi connectivity index (χ4n) is 6.25. The van der Waals surface area contributed by atoms with Gasteiger partial charge >= 0.3 is 211 Å². The van der Waals surface area contributed by atoms with Gasteiger partial charge in [-0.05, 0) is 0 Å². The molecule has 8 heterocycles. The Morgan fingerprint density at radius 1 is 0.600 bits per heavy atom. The molecule has 10 rings (SSSR count). The molecule has 2 aromatic rings. The molecule has 0 radical (unpaired) electrons. The van der Waals surface area contributed by atoms with Crippen LogP contribution in [0.15, 0.2) is 59.9 Å². The van der Waals surface area contributed by atoms with Crippen LogP contribution in [0.5, 0.6) is 0 Å². The van der Waals surface area contributed by atoms with Gasteiger partial charge in [0, 0.05) is 0 Å². The van der Waals surface area contributed by atoms with Crippen LogP contribution >= 0.6 is 0 Å². The Bertz CT molecular complexity index is 1420. The zero-order chi connectivity index (χ0) is 24.2. The molecule has 0 aromatic heterocycles. The van der Waals surface area contributed by atoms with Crippen LogP contribution in [0.25, 0.3) is 0 Å². The third-order valence-corrected chi connectivity index (χ3v) is 11.2. The maximum absolute atomic E-state index is 8.62. The van der Waals surface area contributed by atoms with E-state index in [1.54, 1.807) is 0 Å². The van der Waals surface area contributed by atoms with Crippen molar-refractivity contribution in [2.75, 3.05) is 26.4 Å². The monoisotopic (exact) mass is 645 g/mol. The summed E-state index contributed by atoms with van der Waals surface area (Å²) in [6.45, 7) is 1.94. The molecule has 0 saturated carbocycles. The Kier molecular flexibility index (Phi) is 2.77. The van der Waals surface area contributed by atoms with Gasteiger partial charge in [0.05, 0.1) is 0 Å². The first-order valence-corrected chi connectivity index (χ1v) is 14.1. The second-order valence-electron chi connectivity index (χ2n) is 9.57. The van der Waals surface area contributed by atoms with Gasteiger partial charge in [0.15, 0.2) is 0 Å². The predicted octanol–water partition coefficient (Wildman–Crippen LogP) is 2.05. The average Bonchev–Trinajstić information content (AvgIpc) is 3.68. The first-order valence-electron chi connectivity index (χ1n) is 12.7. The Morgan fingerprint density at radius 2 is 0.914 bits per heavy atom. The van der Waals surface area contributed by atoms with Gasteiger partial charge in [0.2, 0.25) is 0 Å². The first kappa shape index (κ1) is 16.4. The van der Waals surface area contributed by atoms with Crippen LogP contribution in [-0.2, 0) is 35.7 Å². The molecule has 9 heteroatoms. The number of fused-ring (bicyclic) bond motifs is 8. The Labute approximate surface area is 211 Å². The molecule has 0 aliphatic carbocycles. The quantitative estimate of drug-likeness (QED) is 0.405. The third-order valence-electron chi connectivity index (χ3n) is 7.87. The van der Waals surface area contributed by atoms with Crippen molar-refractivity contribution < 1.29 is 38.5 Å². The van der Waals surface area contributed by atoms with Gasteiger partial charge in [0.1, 0.15) is 0 Å². The Morgan fingerprint density at radius 3 is 1.23 bits per heavy atom. The van der Waals surface area contributed by atoms with Crippen LogP contribution in [0.3, 0.4) is 0 Å². The van der Waals surface area contributed by atoms with E-state index in [1.807, 2.05) is 24.3 Å². The van der Waals surface area contributed by atoms with Crippen LogP contribution in [-0.4, -0.2) is 54.6 Å². The van der Waals surface area contributed by atoms with Crippen LogP contribution in [0.2, 0.25) is 0 Å². The van der Waals surface area contributed by atoms with E-state index >= 15 is 0 Å². The summed E-state index contributed by atoms with van der Waals surface area (Å²) >= 11 is -0.961. The van der Waals surface area contributed by atoms with Crippen LogP contribution in [0.4, 0.5) is 0 Å². The van der Waals surface area contributed by atoms with Crippen molar-refractivity contribution in [1.29, 1.82) is 0 Å². The van der Waals surface area contributed by atoms with Crippen molar-refractivity contribution in [2.24, 2.45) is 0 Å². The van der Waals surface area contributed by atoms with Crippen molar-refractivity contribution in [2.45, 2.75) is 24.2 Å². The molecule has 177 valence electrons. The maximum atomic E-state index is 8.62. The van der Waals surface area contributed by atoms with E-state index in [0.717, 1.165) is 45.8 Å². The van der Waals surface area contributed by atoms with Crippen molar-refractivity contribution in [3.8, 4) is 0 Å². The van der Waals surface area contributed by atoms with Crippen LogP contribution < -0.4 is 0 Å². The first-order chi connectivity index (χ1) is 18.1. The third kappa shape index (κ3) is 1.99. The minimum absolute atomic E-state index is 0.0847. The van der Waals surface area contributed by atoms with Gasteiger partial charge in [-0.2, -0.15) is 0 Å². The molecule has 2 aromatic carbocycles. The molecule has 35 heavy (non-hydrogen) atoms. The van der Waals surface area contributed by atoms with Crippen molar-refractivity contribution in [1.82, 2.24) is 19.6 Å². The van der Waals surface area contributed by atoms with Crippen molar-refractivity contribution in [3.63, 3.8) is 0 Å². The number of benzene rings is 2. The van der Waals surface area contributed by atoms with E-state index in [0.29, 0.717) is 38.5 Å². The van der Waals surface area contributed by atoms with Gasteiger partial charge in [-0.3, -0.25) is 0 Å². The van der Waals surface area contributed by atoms with Crippen molar-refractivity contribution >= 4 is 8.54 Å². The van der Waals surface area contributed by atoms with Gasteiger partial charge in [-0.1, -0.05) is 0 Å². The molecular formula is C26H18IrN4O4-2. The molecule has 8 nitrogen and oxygen atoms in total. The number of rotatable bonds is 0. The van der Waals surface area contributed by atoms with E-state index in [2.05, 4.69) is 31.7 Å². The average molecular weight is 645 g/mol. The minimum atomic E-state index is -0.961. The molecule has 6 bridgehead atoms. The summed E-state index contributed by atoms with van der Waals surface area (Å²) in [5.41, 5.74) is 3.81. The van der Waals surface area contributed by atoms with E-state index in [9.17, 15) is 0 Å². The normalized spacial score (nSPS) is 32.6.